The van der Waals surface area contributed by atoms with Crippen LogP contribution in [0.15, 0.2) is 12.3 Å². The van der Waals surface area contributed by atoms with E-state index >= 15 is 0 Å². The molecule has 1 amide bonds. The number of nitrogens with one attached hydrogen (secondary N) is 2. The standard InChI is InChI=1S/C14H15ClF3N3O3/c15-9-6-8(14(16,17)18)7-20-11(9)19-5-2-10(22)21-13(12(23)24)3-1-4-13/h6-7H,1-5H2,(H,19,20)(H,21,22)(H,23,24). The van der Waals surface area contributed by atoms with E-state index in [-0.39, 0.29) is 23.8 Å². The number of amides is 1. The Morgan fingerprint density at radius 2 is 2.04 bits per heavy atom. The number of aliphatic carboxylic acids is 1. The van der Waals surface area contributed by atoms with Crippen LogP contribution in [-0.2, 0) is 15.8 Å². The number of carbonyl (C=O) groups excluding carboxylic acids is 1. The molecule has 0 bridgehead atoms. The average Bonchev–Trinajstić information content (AvgIpc) is 2.43. The van der Waals surface area contributed by atoms with Crippen LogP contribution in [0.3, 0.4) is 0 Å². The SMILES string of the molecule is O=C(CCNc1ncc(C(F)(F)F)cc1Cl)NC1(C(=O)O)CCC1. The van der Waals surface area contributed by atoms with E-state index in [2.05, 4.69) is 15.6 Å². The molecule has 0 spiro atoms. The Labute approximate surface area is 140 Å². The summed E-state index contributed by atoms with van der Waals surface area (Å²) in [5, 5.41) is 14.0. The van der Waals surface area contributed by atoms with Crippen LogP contribution >= 0.6 is 11.6 Å². The van der Waals surface area contributed by atoms with Gasteiger partial charge in [-0.25, -0.2) is 9.78 Å². The minimum Gasteiger partial charge on any atom is -0.480 e. The molecule has 1 saturated carbocycles. The van der Waals surface area contributed by atoms with E-state index in [9.17, 15) is 22.8 Å². The summed E-state index contributed by atoms with van der Waals surface area (Å²) >= 11 is 5.73. The van der Waals surface area contributed by atoms with Gasteiger partial charge >= 0.3 is 12.1 Å². The van der Waals surface area contributed by atoms with E-state index < -0.39 is 29.2 Å². The van der Waals surface area contributed by atoms with Crippen molar-refractivity contribution in [3.63, 3.8) is 0 Å². The second-order valence-electron chi connectivity index (χ2n) is 5.52. The lowest BCUT2D eigenvalue weighted by atomic mass is 9.76. The van der Waals surface area contributed by atoms with Crippen molar-refractivity contribution in [2.24, 2.45) is 0 Å². The first-order chi connectivity index (χ1) is 11.1. The molecule has 24 heavy (non-hydrogen) atoms. The zero-order chi connectivity index (χ0) is 18.0. The first-order valence-electron chi connectivity index (χ1n) is 7.15. The van der Waals surface area contributed by atoms with Gasteiger partial charge in [0.2, 0.25) is 5.91 Å². The van der Waals surface area contributed by atoms with Crippen molar-refractivity contribution in [2.75, 3.05) is 11.9 Å². The predicted octanol–water partition coefficient (Wildman–Crippen LogP) is 2.68. The van der Waals surface area contributed by atoms with Gasteiger partial charge in [-0.1, -0.05) is 11.6 Å². The summed E-state index contributed by atoms with van der Waals surface area (Å²) in [6, 6.07) is 0.741. The molecule has 6 nitrogen and oxygen atoms in total. The molecule has 0 atom stereocenters. The highest BCUT2D eigenvalue weighted by Crippen LogP contribution is 2.33. The first-order valence-corrected chi connectivity index (χ1v) is 7.53. The Kier molecular flexibility index (Phi) is 5.22. The Morgan fingerprint density at radius 3 is 2.50 bits per heavy atom. The lowest BCUT2D eigenvalue weighted by Crippen LogP contribution is -2.59. The number of pyridine rings is 1. The average molecular weight is 366 g/mol. The zero-order valence-corrected chi connectivity index (χ0v) is 13.2. The molecule has 0 radical (unpaired) electrons. The summed E-state index contributed by atoms with van der Waals surface area (Å²) in [6.45, 7) is 0.0552. The normalized spacial score (nSPS) is 16.2. The summed E-state index contributed by atoms with van der Waals surface area (Å²) in [5.74, 6) is -1.51. The Morgan fingerprint density at radius 1 is 1.38 bits per heavy atom. The molecular weight excluding hydrogens is 351 g/mol. The highest BCUT2D eigenvalue weighted by atomic mass is 35.5. The molecular formula is C14H15ClF3N3O3. The van der Waals surface area contributed by atoms with Gasteiger partial charge in [-0.15, -0.1) is 0 Å². The maximum absolute atomic E-state index is 12.5. The molecule has 1 aromatic rings. The first kappa shape index (κ1) is 18.3. The topological polar surface area (TPSA) is 91.3 Å². The van der Waals surface area contributed by atoms with Crippen molar-refractivity contribution in [1.29, 1.82) is 0 Å². The van der Waals surface area contributed by atoms with E-state index in [0.29, 0.717) is 19.0 Å². The number of carboxylic acids is 1. The Hall–Kier alpha value is -2.03. The smallest absolute Gasteiger partial charge is 0.417 e. The van der Waals surface area contributed by atoms with Crippen LogP contribution in [0.5, 0.6) is 0 Å². The van der Waals surface area contributed by atoms with Gasteiger partial charge in [0.05, 0.1) is 10.6 Å². The summed E-state index contributed by atoms with van der Waals surface area (Å²) in [7, 11) is 0. The van der Waals surface area contributed by atoms with E-state index in [1.165, 1.54) is 0 Å². The number of alkyl halides is 3. The maximum Gasteiger partial charge on any atom is 0.417 e. The highest BCUT2D eigenvalue weighted by Gasteiger charge is 2.45. The van der Waals surface area contributed by atoms with E-state index in [4.69, 9.17) is 16.7 Å². The van der Waals surface area contributed by atoms with Gasteiger partial charge < -0.3 is 15.7 Å². The van der Waals surface area contributed by atoms with E-state index in [0.717, 1.165) is 12.5 Å². The largest absolute Gasteiger partial charge is 0.480 e. The van der Waals surface area contributed by atoms with Crippen LogP contribution in [0.4, 0.5) is 19.0 Å². The van der Waals surface area contributed by atoms with Crippen molar-refractivity contribution in [3.8, 4) is 0 Å². The number of hydrogen-bond donors (Lipinski definition) is 3. The molecule has 132 valence electrons. The van der Waals surface area contributed by atoms with E-state index in [1.54, 1.807) is 0 Å². The molecule has 0 saturated heterocycles. The van der Waals surface area contributed by atoms with Crippen molar-refractivity contribution < 1.29 is 27.9 Å². The molecule has 1 fully saturated rings. The van der Waals surface area contributed by atoms with Crippen molar-refractivity contribution in [3.05, 3.63) is 22.8 Å². The van der Waals surface area contributed by atoms with Gasteiger partial charge in [-0.05, 0) is 25.3 Å². The molecule has 0 aromatic carbocycles. The number of halogens is 4. The third-order valence-corrected chi connectivity index (χ3v) is 4.10. The molecule has 3 N–H and O–H groups in total. The van der Waals surface area contributed by atoms with Crippen LogP contribution in [0.2, 0.25) is 5.02 Å². The third kappa shape index (κ3) is 4.08. The van der Waals surface area contributed by atoms with Crippen LogP contribution in [0.25, 0.3) is 0 Å². The number of nitrogens with zero attached hydrogens (tertiary/aromatic N) is 1. The Balaban J connectivity index is 1.86. The van der Waals surface area contributed by atoms with Crippen molar-refractivity contribution >= 4 is 29.3 Å². The number of carbonyl (C=O) groups is 2. The van der Waals surface area contributed by atoms with Gasteiger partial charge in [0.25, 0.3) is 0 Å². The van der Waals surface area contributed by atoms with Crippen molar-refractivity contribution in [2.45, 2.75) is 37.4 Å². The fourth-order valence-electron chi connectivity index (χ4n) is 2.27. The fraction of sp³-hybridized carbons (Fsp3) is 0.500. The van der Waals surface area contributed by atoms with Gasteiger partial charge in [0.15, 0.2) is 0 Å². The summed E-state index contributed by atoms with van der Waals surface area (Å²) < 4.78 is 37.5. The number of anilines is 1. The van der Waals surface area contributed by atoms with Gasteiger partial charge in [-0.3, -0.25) is 4.79 Å². The monoisotopic (exact) mass is 365 g/mol. The molecule has 2 rings (SSSR count). The number of rotatable bonds is 6. The van der Waals surface area contributed by atoms with Crippen molar-refractivity contribution in [1.82, 2.24) is 10.3 Å². The quantitative estimate of drug-likeness (QED) is 0.721. The van der Waals surface area contributed by atoms with Crippen LogP contribution in [-0.4, -0.2) is 34.1 Å². The highest BCUT2D eigenvalue weighted by molar-refractivity contribution is 6.32. The summed E-state index contributed by atoms with van der Waals surface area (Å²) in [5.41, 5.74) is -2.16. The van der Waals surface area contributed by atoms with E-state index in [1.807, 2.05) is 0 Å². The second kappa shape index (κ2) is 6.84. The zero-order valence-electron chi connectivity index (χ0n) is 12.4. The lowest BCUT2D eigenvalue weighted by Gasteiger charge is -2.38. The molecule has 0 aliphatic heterocycles. The molecule has 1 aliphatic rings. The van der Waals surface area contributed by atoms with Gasteiger partial charge in [-0.2, -0.15) is 13.2 Å². The predicted molar refractivity (Wildman–Crippen MR) is 79.7 cm³/mol. The number of hydrogen-bond acceptors (Lipinski definition) is 4. The Bertz CT molecular complexity index is 648. The fourth-order valence-corrected chi connectivity index (χ4v) is 2.50. The number of carboxylic acid groups (broad SMARTS) is 1. The molecule has 1 heterocycles. The minimum atomic E-state index is -4.54. The second-order valence-corrected chi connectivity index (χ2v) is 5.93. The van der Waals surface area contributed by atoms with Crippen LogP contribution in [0.1, 0.15) is 31.2 Å². The molecule has 1 aliphatic carbocycles. The minimum absolute atomic E-state index is 0.0223. The molecule has 1 aromatic heterocycles. The van der Waals surface area contributed by atoms with Gasteiger partial charge in [0.1, 0.15) is 11.4 Å². The summed E-state index contributed by atoms with van der Waals surface area (Å²) in [6.07, 6.45) is -2.46. The lowest BCUT2D eigenvalue weighted by molar-refractivity contribution is -0.151. The molecule has 0 unspecified atom stereocenters. The van der Waals surface area contributed by atoms with Crippen LogP contribution < -0.4 is 10.6 Å². The van der Waals surface area contributed by atoms with Gasteiger partial charge in [0, 0.05) is 19.2 Å². The third-order valence-electron chi connectivity index (χ3n) is 3.81. The molecule has 10 heteroatoms. The van der Waals surface area contributed by atoms with Crippen LogP contribution in [0, 0.1) is 0 Å². The maximum atomic E-state index is 12.5. The summed E-state index contributed by atoms with van der Waals surface area (Å²) in [4.78, 5) is 26.5. The number of aromatic nitrogens is 1.